The van der Waals surface area contributed by atoms with Crippen LogP contribution in [-0.2, 0) is 6.18 Å². The number of rotatable bonds is 2. The minimum Gasteiger partial charge on any atom is -0.508 e. The molecule has 0 aliphatic carbocycles. The third kappa shape index (κ3) is 2.83. The molecule has 0 amide bonds. The number of aromatic hydroxyl groups is 1. The summed E-state index contributed by atoms with van der Waals surface area (Å²) < 4.78 is 43.5. The third-order valence-corrected chi connectivity index (χ3v) is 2.49. The fourth-order valence-corrected chi connectivity index (χ4v) is 1.64. The SMILES string of the molecule is N#Cc1c(Oc2cccc(O)c2)cccc1C(F)(F)F. The predicted octanol–water partition coefficient (Wildman–Crippen LogP) is 4.07. The molecule has 2 aromatic carbocycles. The number of phenols is 1. The van der Waals surface area contributed by atoms with E-state index in [9.17, 15) is 18.3 Å². The second-order valence-corrected chi connectivity index (χ2v) is 3.89. The van der Waals surface area contributed by atoms with E-state index in [4.69, 9.17) is 10.00 Å². The number of hydrogen-bond donors (Lipinski definition) is 1. The van der Waals surface area contributed by atoms with Crippen molar-refractivity contribution in [2.45, 2.75) is 6.18 Å². The van der Waals surface area contributed by atoms with Crippen molar-refractivity contribution in [3.63, 3.8) is 0 Å². The molecule has 0 aromatic heterocycles. The first-order chi connectivity index (χ1) is 9.41. The highest BCUT2D eigenvalue weighted by Gasteiger charge is 2.34. The number of nitriles is 1. The van der Waals surface area contributed by atoms with Crippen LogP contribution in [0.25, 0.3) is 0 Å². The normalized spacial score (nSPS) is 10.9. The van der Waals surface area contributed by atoms with Crippen LogP contribution >= 0.6 is 0 Å². The molecular weight excluding hydrogens is 271 g/mol. The van der Waals surface area contributed by atoms with Crippen molar-refractivity contribution < 1.29 is 23.0 Å². The Labute approximate surface area is 112 Å². The molecule has 20 heavy (non-hydrogen) atoms. The molecule has 0 radical (unpaired) electrons. The lowest BCUT2D eigenvalue weighted by Gasteiger charge is -2.13. The summed E-state index contributed by atoms with van der Waals surface area (Å²) in [4.78, 5) is 0. The van der Waals surface area contributed by atoms with E-state index >= 15 is 0 Å². The zero-order valence-corrected chi connectivity index (χ0v) is 9.98. The van der Waals surface area contributed by atoms with Crippen LogP contribution < -0.4 is 4.74 Å². The Balaban J connectivity index is 2.46. The van der Waals surface area contributed by atoms with E-state index in [1.807, 2.05) is 0 Å². The summed E-state index contributed by atoms with van der Waals surface area (Å²) >= 11 is 0. The fourth-order valence-electron chi connectivity index (χ4n) is 1.64. The van der Waals surface area contributed by atoms with Crippen molar-refractivity contribution in [3.8, 4) is 23.3 Å². The molecule has 0 heterocycles. The second kappa shape index (κ2) is 5.13. The third-order valence-electron chi connectivity index (χ3n) is 2.49. The highest BCUT2D eigenvalue weighted by molar-refractivity contribution is 5.51. The highest BCUT2D eigenvalue weighted by atomic mass is 19.4. The number of benzene rings is 2. The average Bonchev–Trinajstić information content (AvgIpc) is 2.37. The lowest BCUT2D eigenvalue weighted by molar-refractivity contribution is -0.137. The summed E-state index contributed by atoms with van der Waals surface area (Å²) in [5.74, 6) is -0.165. The monoisotopic (exact) mass is 279 g/mol. The smallest absolute Gasteiger partial charge is 0.417 e. The summed E-state index contributed by atoms with van der Waals surface area (Å²) in [6.45, 7) is 0. The van der Waals surface area contributed by atoms with Gasteiger partial charge in [0.25, 0.3) is 0 Å². The number of ether oxygens (including phenoxy) is 1. The van der Waals surface area contributed by atoms with E-state index in [1.54, 1.807) is 0 Å². The van der Waals surface area contributed by atoms with Gasteiger partial charge in [-0.1, -0.05) is 12.1 Å². The Hall–Kier alpha value is -2.68. The predicted molar refractivity (Wildman–Crippen MR) is 64.3 cm³/mol. The number of phenolic OH excluding ortho intramolecular Hbond substituents is 1. The van der Waals surface area contributed by atoms with Gasteiger partial charge in [0, 0.05) is 6.07 Å². The zero-order chi connectivity index (χ0) is 14.8. The molecule has 0 bridgehead atoms. The van der Waals surface area contributed by atoms with Gasteiger partial charge in [-0.2, -0.15) is 18.4 Å². The van der Waals surface area contributed by atoms with Crippen molar-refractivity contribution in [3.05, 3.63) is 53.6 Å². The van der Waals surface area contributed by atoms with Gasteiger partial charge in [0.1, 0.15) is 28.9 Å². The standard InChI is InChI=1S/C14H8F3NO2/c15-14(16,17)12-5-2-6-13(11(12)8-18)20-10-4-1-3-9(19)7-10/h1-7,19H. The zero-order valence-electron chi connectivity index (χ0n) is 9.98. The lowest BCUT2D eigenvalue weighted by atomic mass is 10.1. The first kappa shape index (κ1) is 13.7. The summed E-state index contributed by atoms with van der Waals surface area (Å²) in [5, 5.41) is 18.2. The molecule has 0 spiro atoms. The molecule has 0 aliphatic heterocycles. The van der Waals surface area contributed by atoms with E-state index in [0.29, 0.717) is 0 Å². The van der Waals surface area contributed by atoms with Gasteiger partial charge in [-0.05, 0) is 24.3 Å². The van der Waals surface area contributed by atoms with E-state index in [1.165, 1.54) is 36.4 Å². The maximum absolute atomic E-state index is 12.8. The maximum Gasteiger partial charge on any atom is 0.417 e. The lowest BCUT2D eigenvalue weighted by Crippen LogP contribution is -2.08. The molecule has 0 saturated carbocycles. The van der Waals surface area contributed by atoms with E-state index in [0.717, 1.165) is 12.1 Å². The molecule has 1 N–H and O–H groups in total. The molecule has 0 saturated heterocycles. The molecule has 102 valence electrons. The summed E-state index contributed by atoms with van der Waals surface area (Å²) in [6, 6.07) is 10.3. The van der Waals surface area contributed by atoms with Gasteiger partial charge < -0.3 is 9.84 Å². The van der Waals surface area contributed by atoms with Crippen LogP contribution in [0.5, 0.6) is 17.2 Å². The van der Waals surface area contributed by atoms with Crippen molar-refractivity contribution in [2.24, 2.45) is 0 Å². The molecule has 2 rings (SSSR count). The summed E-state index contributed by atoms with van der Waals surface area (Å²) in [7, 11) is 0. The van der Waals surface area contributed by atoms with E-state index in [-0.39, 0.29) is 17.2 Å². The Morgan fingerprint density at radius 2 is 1.80 bits per heavy atom. The van der Waals surface area contributed by atoms with Gasteiger partial charge in [0.15, 0.2) is 0 Å². The van der Waals surface area contributed by atoms with E-state index < -0.39 is 17.3 Å². The van der Waals surface area contributed by atoms with Crippen LogP contribution in [0.2, 0.25) is 0 Å². The molecular formula is C14H8F3NO2. The van der Waals surface area contributed by atoms with Gasteiger partial charge in [-0.25, -0.2) is 0 Å². The minimum absolute atomic E-state index is 0.0898. The fraction of sp³-hybridized carbons (Fsp3) is 0.0714. The molecule has 0 atom stereocenters. The molecule has 3 nitrogen and oxygen atoms in total. The van der Waals surface area contributed by atoms with E-state index in [2.05, 4.69) is 0 Å². The Morgan fingerprint density at radius 3 is 2.40 bits per heavy atom. The van der Waals surface area contributed by atoms with Crippen LogP contribution in [0.1, 0.15) is 11.1 Å². The van der Waals surface area contributed by atoms with Crippen molar-refractivity contribution in [2.75, 3.05) is 0 Å². The van der Waals surface area contributed by atoms with Crippen molar-refractivity contribution in [1.82, 2.24) is 0 Å². The second-order valence-electron chi connectivity index (χ2n) is 3.89. The average molecular weight is 279 g/mol. The number of halogens is 3. The molecule has 6 heteroatoms. The summed E-state index contributed by atoms with van der Waals surface area (Å²) in [5.41, 5.74) is -1.65. The first-order valence-electron chi connectivity index (χ1n) is 5.49. The molecule has 0 unspecified atom stereocenters. The van der Waals surface area contributed by atoms with Gasteiger partial charge in [0.2, 0.25) is 0 Å². The van der Waals surface area contributed by atoms with Gasteiger partial charge in [-0.15, -0.1) is 0 Å². The van der Waals surface area contributed by atoms with Crippen LogP contribution in [-0.4, -0.2) is 5.11 Å². The van der Waals surface area contributed by atoms with Gasteiger partial charge in [-0.3, -0.25) is 0 Å². The number of alkyl halides is 3. The quantitative estimate of drug-likeness (QED) is 0.901. The Bertz CT molecular complexity index is 675. The van der Waals surface area contributed by atoms with Crippen LogP contribution in [0.4, 0.5) is 13.2 Å². The number of hydrogen-bond acceptors (Lipinski definition) is 3. The van der Waals surface area contributed by atoms with Crippen molar-refractivity contribution >= 4 is 0 Å². The minimum atomic E-state index is -4.64. The van der Waals surface area contributed by atoms with Crippen LogP contribution in [0.3, 0.4) is 0 Å². The Kier molecular flexibility index (Phi) is 3.53. The largest absolute Gasteiger partial charge is 0.508 e. The van der Waals surface area contributed by atoms with Gasteiger partial charge >= 0.3 is 6.18 Å². The topological polar surface area (TPSA) is 53.2 Å². The summed E-state index contributed by atoms with van der Waals surface area (Å²) in [6.07, 6.45) is -4.64. The van der Waals surface area contributed by atoms with Crippen LogP contribution in [0, 0.1) is 11.3 Å². The molecule has 0 aliphatic rings. The van der Waals surface area contributed by atoms with Crippen LogP contribution in [0.15, 0.2) is 42.5 Å². The maximum atomic E-state index is 12.8. The van der Waals surface area contributed by atoms with Gasteiger partial charge in [0.05, 0.1) is 5.56 Å². The molecule has 0 fully saturated rings. The highest BCUT2D eigenvalue weighted by Crippen LogP contribution is 2.37. The Morgan fingerprint density at radius 1 is 1.10 bits per heavy atom. The molecule has 2 aromatic rings. The number of nitrogens with zero attached hydrogens (tertiary/aromatic N) is 1. The van der Waals surface area contributed by atoms with Crippen molar-refractivity contribution in [1.29, 1.82) is 5.26 Å². The first-order valence-corrected chi connectivity index (χ1v) is 5.49.